The van der Waals surface area contributed by atoms with Gasteiger partial charge >= 0.3 is 0 Å². The number of piperidine rings is 1. The third-order valence-corrected chi connectivity index (χ3v) is 5.29. The number of amides is 1. The van der Waals surface area contributed by atoms with Crippen molar-refractivity contribution in [2.24, 2.45) is 0 Å². The van der Waals surface area contributed by atoms with Crippen LogP contribution >= 0.6 is 0 Å². The van der Waals surface area contributed by atoms with Gasteiger partial charge < -0.3 is 10.0 Å². The van der Waals surface area contributed by atoms with E-state index in [2.05, 4.69) is 47.4 Å². The second kappa shape index (κ2) is 6.89. The zero-order valence-electron chi connectivity index (χ0n) is 14.6. The first-order valence-corrected chi connectivity index (χ1v) is 9.01. The van der Waals surface area contributed by atoms with Crippen LogP contribution in [0.2, 0.25) is 0 Å². The van der Waals surface area contributed by atoms with Gasteiger partial charge in [-0.15, -0.1) is 0 Å². The van der Waals surface area contributed by atoms with Gasteiger partial charge in [-0.2, -0.15) is 0 Å². The average molecular weight is 346 g/mol. The number of rotatable bonds is 4. The first-order chi connectivity index (χ1) is 12.6. The Bertz CT molecular complexity index is 913. The summed E-state index contributed by atoms with van der Waals surface area (Å²) in [5.41, 5.74) is 2.41. The summed E-state index contributed by atoms with van der Waals surface area (Å²) in [6.45, 7) is 1.25. The zero-order chi connectivity index (χ0) is 18.0. The summed E-state index contributed by atoms with van der Waals surface area (Å²) in [6.07, 6.45) is 4.64. The standard InChI is InChI=1S/C22H22N2O2/c25-16-24-11-9-22(26,10-12-24)14-17-5-7-18(8-6-17)21-13-19-3-1-2-4-20(19)15-23-21/h1-8,13,15-16,26H,9-12,14H2. The van der Waals surface area contributed by atoms with Gasteiger partial charge in [-0.05, 0) is 29.9 Å². The summed E-state index contributed by atoms with van der Waals surface area (Å²) in [6, 6.07) is 18.6. The largest absolute Gasteiger partial charge is 0.389 e. The van der Waals surface area contributed by atoms with Gasteiger partial charge in [0.05, 0.1) is 11.3 Å². The number of likely N-dealkylation sites (tertiary alicyclic amines) is 1. The highest BCUT2D eigenvalue weighted by Crippen LogP contribution is 2.27. The van der Waals surface area contributed by atoms with E-state index in [9.17, 15) is 9.90 Å². The molecule has 2 aromatic carbocycles. The van der Waals surface area contributed by atoms with Crippen LogP contribution in [0.4, 0.5) is 0 Å². The first-order valence-electron chi connectivity index (χ1n) is 9.01. The molecular formula is C22H22N2O2. The van der Waals surface area contributed by atoms with Gasteiger partial charge in [0.15, 0.2) is 0 Å². The number of carbonyl (C=O) groups excluding carboxylic acids is 1. The molecule has 1 fully saturated rings. The van der Waals surface area contributed by atoms with Crippen LogP contribution in [0.25, 0.3) is 22.0 Å². The Morgan fingerprint density at radius 3 is 2.42 bits per heavy atom. The second-order valence-electron chi connectivity index (χ2n) is 7.16. The predicted octanol–water partition coefficient (Wildman–Crippen LogP) is 3.43. The van der Waals surface area contributed by atoms with Crippen LogP contribution in [0.15, 0.2) is 60.8 Å². The van der Waals surface area contributed by atoms with Gasteiger partial charge in [-0.25, -0.2) is 0 Å². The van der Waals surface area contributed by atoms with Crippen LogP contribution < -0.4 is 0 Å². The van der Waals surface area contributed by atoms with E-state index in [0.717, 1.165) is 28.6 Å². The van der Waals surface area contributed by atoms with Gasteiger partial charge in [0.25, 0.3) is 0 Å². The molecule has 3 aromatic rings. The van der Waals surface area contributed by atoms with Gasteiger partial charge in [0.1, 0.15) is 0 Å². The van der Waals surface area contributed by atoms with Crippen molar-refractivity contribution in [1.82, 2.24) is 9.88 Å². The maximum atomic E-state index is 10.8. The van der Waals surface area contributed by atoms with Crippen LogP contribution in [0, 0.1) is 0 Å². The topological polar surface area (TPSA) is 53.4 Å². The van der Waals surface area contributed by atoms with Crippen molar-refractivity contribution in [2.75, 3.05) is 13.1 Å². The summed E-state index contributed by atoms with van der Waals surface area (Å²) >= 11 is 0. The number of benzene rings is 2. The molecule has 132 valence electrons. The highest BCUT2D eigenvalue weighted by Gasteiger charge is 2.31. The number of aromatic nitrogens is 1. The van der Waals surface area contributed by atoms with Crippen molar-refractivity contribution in [3.63, 3.8) is 0 Å². The van der Waals surface area contributed by atoms with Crippen molar-refractivity contribution >= 4 is 17.2 Å². The molecule has 1 saturated heterocycles. The fourth-order valence-corrected chi connectivity index (χ4v) is 3.64. The summed E-state index contributed by atoms with van der Waals surface area (Å²) < 4.78 is 0. The van der Waals surface area contributed by atoms with Crippen LogP contribution in [-0.4, -0.2) is 40.1 Å². The van der Waals surface area contributed by atoms with Gasteiger partial charge in [0, 0.05) is 36.7 Å². The van der Waals surface area contributed by atoms with E-state index >= 15 is 0 Å². The number of fused-ring (bicyclic) bond motifs is 1. The van der Waals surface area contributed by atoms with Crippen LogP contribution in [0.1, 0.15) is 18.4 Å². The highest BCUT2D eigenvalue weighted by molar-refractivity contribution is 5.85. The second-order valence-corrected chi connectivity index (χ2v) is 7.16. The van der Waals surface area contributed by atoms with Crippen molar-refractivity contribution in [1.29, 1.82) is 0 Å². The summed E-state index contributed by atoms with van der Waals surface area (Å²) in [7, 11) is 0. The van der Waals surface area contributed by atoms with Crippen LogP contribution in [0.3, 0.4) is 0 Å². The Labute approximate surface area is 153 Å². The van der Waals surface area contributed by atoms with E-state index < -0.39 is 5.60 Å². The van der Waals surface area contributed by atoms with Crippen molar-refractivity contribution < 1.29 is 9.90 Å². The molecule has 1 aromatic heterocycles. The predicted molar refractivity (Wildman–Crippen MR) is 103 cm³/mol. The molecule has 0 radical (unpaired) electrons. The van der Waals surface area contributed by atoms with E-state index in [0.29, 0.717) is 32.4 Å². The molecule has 0 spiro atoms. The fourth-order valence-electron chi connectivity index (χ4n) is 3.64. The number of nitrogens with zero attached hydrogens (tertiary/aromatic N) is 2. The van der Waals surface area contributed by atoms with Crippen LogP contribution in [0.5, 0.6) is 0 Å². The molecule has 4 rings (SSSR count). The Morgan fingerprint density at radius 1 is 1.04 bits per heavy atom. The number of hydrogen-bond donors (Lipinski definition) is 1. The lowest BCUT2D eigenvalue weighted by Gasteiger charge is -2.36. The van der Waals surface area contributed by atoms with Gasteiger partial charge in [0.2, 0.25) is 6.41 Å². The van der Waals surface area contributed by atoms with E-state index in [1.807, 2.05) is 18.3 Å². The molecule has 0 unspecified atom stereocenters. The molecule has 1 N–H and O–H groups in total. The summed E-state index contributed by atoms with van der Waals surface area (Å²) in [5, 5.41) is 13.1. The molecule has 0 bridgehead atoms. The van der Waals surface area contributed by atoms with E-state index in [4.69, 9.17) is 0 Å². The molecule has 1 aliphatic heterocycles. The van der Waals surface area contributed by atoms with E-state index in [1.54, 1.807) is 4.90 Å². The maximum absolute atomic E-state index is 10.8. The smallest absolute Gasteiger partial charge is 0.209 e. The van der Waals surface area contributed by atoms with E-state index in [1.165, 1.54) is 5.39 Å². The summed E-state index contributed by atoms with van der Waals surface area (Å²) in [5.74, 6) is 0. The molecule has 0 atom stereocenters. The molecule has 0 saturated carbocycles. The molecule has 1 amide bonds. The Morgan fingerprint density at radius 2 is 1.73 bits per heavy atom. The number of carbonyl (C=O) groups is 1. The van der Waals surface area contributed by atoms with Crippen molar-refractivity contribution in [3.8, 4) is 11.3 Å². The van der Waals surface area contributed by atoms with Gasteiger partial charge in [-0.3, -0.25) is 9.78 Å². The Balaban J connectivity index is 1.50. The minimum absolute atomic E-state index is 0.616. The quantitative estimate of drug-likeness (QED) is 0.737. The molecule has 1 aliphatic rings. The van der Waals surface area contributed by atoms with Gasteiger partial charge in [-0.1, -0.05) is 48.5 Å². The summed E-state index contributed by atoms with van der Waals surface area (Å²) in [4.78, 5) is 17.1. The molecule has 0 aliphatic carbocycles. The third-order valence-electron chi connectivity index (χ3n) is 5.29. The lowest BCUT2D eigenvalue weighted by molar-refractivity contribution is -0.122. The normalized spacial score (nSPS) is 16.6. The Kier molecular flexibility index (Phi) is 4.43. The highest BCUT2D eigenvalue weighted by atomic mass is 16.3. The number of pyridine rings is 1. The third kappa shape index (κ3) is 3.46. The molecule has 4 heteroatoms. The van der Waals surface area contributed by atoms with Crippen molar-refractivity contribution in [2.45, 2.75) is 24.9 Å². The fraction of sp³-hybridized carbons (Fsp3) is 0.273. The maximum Gasteiger partial charge on any atom is 0.209 e. The van der Waals surface area contributed by atoms with Crippen molar-refractivity contribution in [3.05, 3.63) is 66.4 Å². The minimum Gasteiger partial charge on any atom is -0.389 e. The number of hydrogen-bond acceptors (Lipinski definition) is 3. The van der Waals surface area contributed by atoms with E-state index in [-0.39, 0.29) is 0 Å². The molecular weight excluding hydrogens is 324 g/mol. The first kappa shape index (κ1) is 16.7. The minimum atomic E-state index is -0.720. The lowest BCUT2D eigenvalue weighted by atomic mass is 9.85. The molecule has 4 nitrogen and oxygen atoms in total. The molecule has 2 heterocycles. The monoisotopic (exact) mass is 346 g/mol. The Hall–Kier alpha value is -2.72. The SMILES string of the molecule is O=CN1CCC(O)(Cc2ccc(-c3cc4ccccc4cn3)cc2)CC1. The number of aliphatic hydroxyl groups is 1. The lowest BCUT2D eigenvalue weighted by Crippen LogP contribution is -2.45. The van der Waals surface area contributed by atoms with Crippen LogP contribution in [-0.2, 0) is 11.2 Å². The zero-order valence-corrected chi connectivity index (χ0v) is 14.6. The molecule has 26 heavy (non-hydrogen) atoms. The average Bonchev–Trinajstić information content (AvgIpc) is 2.69.